The Morgan fingerprint density at radius 1 is 1.32 bits per heavy atom. The van der Waals surface area contributed by atoms with Crippen LogP contribution in [0, 0.1) is 10.1 Å². The number of nitrogens with two attached hydrogens (primary N) is 1. The number of nitrogens with zero attached hydrogens (tertiary/aromatic N) is 3. The van der Waals surface area contributed by atoms with Crippen molar-refractivity contribution in [3.05, 3.63) is 52.6 Å². The molecule has 28 heavy (non-hydrogen) atoms. The summed E-state index contributed by atoms with van der Waals surface area (Å²) in [7, 11) is -3.80. The third-order valence-corrected chi connectivity index (χ3v) is 5.31. The summed E-state index contributed by atoms with van der Waals surface area (Å²) in [6.45, 7) is 1.25. The van der Waals surface area contributed by atoms with E-state index in [1.807, 2.05) is 4.90 Å². The van der Waals surface area contributed by atoms with Gasteiger partial charge in [-0.3, -0.25) is 0 Å². The fourth-order valence-corrected chi connectivity index (χ4v) is 3.72. The predicted molar refractivity (Wildman–Crippen MR) is 109 cm³/mol. The summed E-state index contributed by atoms with van der Waals surface area (Å²) in [5.41, 5.74) is 0.499. The van der Waals surface area contributed by atoms with Crippen LogP contribution in [0.25, 0.3) is 0 Å². The minimum absolute atomic E-state index is 0.0101. The second-order valence-corrected chi connectivity index (χ2v) is 8.18. The largest absolute Gasteiger partial charge is 0.365 e. The fraction of sp³-hybridized carbons (Fsp3) is 0.250. The summed E-state index contributed by atoms with van der Waals surface area (Å²) in [5.74, 6) is 0.346. The summed E-state index contributed by atoms with van der Waals surface area (Å²) in [6, 6.07) is 10.7. The Morgan fingerprint density at radius 3 is 2.79 bits per heavy atom. The van der Waals surface area contributed by atoms with Crippen molar-refractivity contribution in [1.82, 2.24) is 10.3 Å². The van der Waals surface area contributed by atoms with Crippen molar-refractivity contribution in [3.63, 3.8) is 0 Å². The first-order chi connectivity index (χ1) is 13.2. The molecule has 148 valence electrons. The summed E-state index contributed by atoms with van der Waals surface area (Å²) in [4.78, 5) is 16.3. The molecule has 1 aliphatic rings. The van der Waals surface area contributed by atoms with Crippen molar-refractivity contribution < 1.29 is 13.3 Å². The van der Waals surface area contributed by atoms with Gasteiger partial charge in [-0.1, -0.05) is 6.07 Å². The van der Waals surface area contributed by atoms with Crippen LogP contribution >= 0.6 is 12.2 Å². The van der Waals surface area contributed by atoms with E-state index >= 15 is 0 Å². The maximum absolute atomic E-state index is 11.4. The number of benzene rings is 1. The molecule has 1 saturated heterocycles. The lowest BCUT2D eigenvalue weighted by atomic mass is 10.3. The molecule has 0 saturated carbocycles. The molecule has 3 rings (SSSR count). The highest BCUT2D eigenvalue weighted by molar-refractivity contribution is 7.89. The van der Waals surface area contributed by atoms with Crippen molar-refractivity contribution in [3.8, 4) is 0 Å². The van der Waals surface area contributed by atoms with E-state index < -0.39 is 14.9 Å². The molecule has 0 radical (unpaired) electrons. The summed E-state index contributed by atoms with van der Waals surface area (Å²) in [6.07, 6.45) is 0.767. The van der Waals surface area contributed by atoms with Gasteiger partial charge in [-0.05, 0) is 52.8 Å². The second kappa shape index (κ2) is 8.04. The Bertz CT molecular complexity index is 1010. The Kier molecular flexibility index (Phi) is 5.72. The Hall–Kier alpha value is -2.83. The molecule has 2 heterocycles. The van der Waals surface area contributed by atoms with Gasteiger partial charge in [0.2, 0.25) is 15.8 Å². The highest BCUT2D eigenvalue weighted by Gasteiger charge is 2.27. The zero-order valence-electron chi connectivity index (χ0n) is 14.6. The molecule has 1 aliphatic heterocycles. The summed E-state index contributed by atoms with van der Waals surface area (Å²) in [5, 5.41) is 22.4. The molecule has 1 fully saturated rings. The van der Waals surface area contributed by atoms with Gasteiger partial charge in [-0.2, -0.15) is 0 Å². The van der Waals surface area contributed by atoms with E-state index in [-0.39, 0.29) is 16.8 Å². The van der Waals surface area contributed by atoms with E-state index in [2.05, 4.69) is 15.6 Å². The quantitative estimate of drug-likeness (QED) is 0.368. The smallest absolute Gasteiger partial charge is 0.358 e. The molecule has 2 aromatic rings. The van der Waals surface area contributed by atoms with Crippen LogP contribution in [-0.2, 0) is 10.0 Å². The molecule has 12 heteroatoms. The third-order valence-electron chi connectivity index (χ3n) is 4.17. The number of sulfonamides is 1. The number of thiocarbonyl (C=S) groups is 1. The third kappa shape index (κ3) is 4.91. The monoisotopic (exact) mass is 422 g/mol. The van der Waals surface area contributed by atoms with E-state index in [1.54, 1.807) is 24.3 Å². The standard InChI is InChI=1S/C16H18N6O4S2/c17-28(25,26)13-4-1-3-11(9-13)18-16(27)19-12-7-8-21(10-12)14-5-2-6-15(20-14)22(23)24/h1-6,9,12H,7-8,10H2,(H2,17,25,26)(H2,18,19,27)/t12-/m0/s1. The molecule has 1 aromatic carbocycles. The van der Waals surface area contributed by atoms with Gasteiger partial charge in [0.1, 0.15) is 0 Å². The first-order valence-electron chi connectivity index (χ1n) is 8.29. The van der Waals surface area contributed by atoms with Gasteiger partial charge in [0.25, 0.3) is 0 Å². The maximum atomic E-state index is 11.4. The number of nitrogens with one attached hydrogen (secondary N) is 2. The van der Waals surface area contributed by atoms with Gasteiger partial charge in [0.15, 0.2) is 5.11 Å². The molecular weight excluding hydrogens is 404 g/mol. The zero-order valence-corrected chi connectivity index (χ0v) is 16.2. The van der Waals surface area contributed by atoms with Crippen LogP contribution in [0.4, 0.5) is 17.3 Å². The van der Waals surface area contributed by atoms with Crippen molar-refractivity contribution in [2.24, 2.45) is 5.14 Å². The highest BCUT2D eigenvalue weighted by atomic mass is 32.2. The average molecular weight is 422 g/mol. The molecule has 0 amide bonds. The Balaban J connectivity index is 1.59. The van der Waals surface area contributed by atoms with Gasteiger partial charge in [0.05, 0.1) is 4.90 Å². The van der Waals surface area contributed by atoms with Crippen LogP contribution in [-0.4, -0.2) is 42.6 Å². The first-order valence-corrected chi connectivity index (χ1v) is 10.2. The Morgan fingerprint density at radius 2 is 2.07 bits per heavy atom. The molecule has 0 bridgehead atoms. The number of nitro groups is 1. The molecule has 4 N–H and O–H groups in total. The lowest BCUT2D eigenvalue weighted by Crippen LogP contribution is -2.39. The lowest BCUT2D eigenvalue weighted by molar-refractivity contribution is -0.389. The summed E-state index contributed by atoms with van der Waals surface area (Å²) >= 11 is 5.29. The fourth-order valence-electron chi connectivity index (χ4n) is 2.88. The van der Waals surface area contributed by atoms with Crippen LogP contribution in [0.5, 0.6) is 0 Å². The van der Waals surface area contributed by atoms with Crippen molar-refractivity contribution in [1.29, 1.82) is 0 Å². The number of hydrogen-bond acceptors (Lipinski definition) is 7. The molecule has 0 aliphatic carbocycles. The van der Waals surface area contributed by atoms with Gasteiger partial charge in [-0.15, -0.1) is 0 Å². The molecule has 10 nitrogen and oxygen atoms in total. The SMILES string of the molecule is NS(=O)(=O)c1cccc(NC(=S)N[C@H]2CCN(c3cccc([N+](=O)[O-])n3)C2)c1. The zero-order chi connectivity index (χ0) is 20.3. The van der Waals surface area contributed by atoms with Gasteiger partial charge >= 0.3 is 5.82 Å². The number of aromatic nitrogens is 1. The average Bonchev–Trinajstić information content (AvgIpc) is 3.09. The van der Waals surface area contributed by atoms with Crippen LogP contribution < -0.4 is 20.7 Å². The van der Waals surface area contributed by atoms with Crippen molar-refractivity contribution >= 4 is 44.7 Å². The molecule has 1 atom stereocenters. The van der Waals surface area contributed by atoms with Crippen LogP contribution in [0.1, 0.15) is 6.42 Å². The molecule has 0 unspecified atom stereocenters. The van der Waals surface area contributed by atoms with Crippen molar-refractivity contribution in [2.45, 2.75) is 17.4 Å². The van der Waals surface area contributed by atoms with Crippen LogP contribution in [0.15, 0.2) is 47.4 Å². The van der Waals surface area contributed by atoms with Gasteiger partial charge < -0.3 is 25.6 Å². The molecule has 0 spiro atoms. The number of rotatable bonds is 5. The summed E-state index contributed by atoms with van der Waals surface area (Å²) < 4.78 is 22.9. The number of primary sulfonamides is 1. The molecular formula is C16H18N6O4S2. The number of anilines is 2. The highest BCUT2D eigenvalue weighted by Crippen LogP contribution is 2.21. The van der Waals surface area contributed by atoms with Crippen LogP contribution in [0.3, 0.4) is 0 Å². The normalized spacial score (nSPS) is 16.6. The first kappa shape index (κ1) is 19.9. The van der Waals surface area contributed by atoms with Gasteiger partial charge in [0, 0.05) is 37.0 Å². The van der Waals surface area contributed by atoms with E-state index in [0.717, 1.165) is 6.42 Å². The van der Waals surface area contributed by atoms with E-state index in [0.29, 0.717) is 29.7 Å². The maximum Gasteiger partial charge on any atom is 0.365 e. The minimum Gasteiger partial charge on any atom is -0.358 e. The predicted octanol–water partition coefficient (Wildman–Crippen LogP) is 1.20. The minimum atomic E-state index is -3.80. The van der Waals surface area contributed by atoms with Crippen molar-refractivity contribution in [2.75, 3.05) is 23.3 Å². The van der Waals surface area contributed by atoms with E-state index in [4.69, 9.17) is 17.4 Å². The van der Waals surface area contributed by atoms with Gasteiger partial charge in [-0.25, -0.2) is 13.6 Å². The topological polar surface area (TPSA) is 143 Å². The number of hydrogen-bond donors (Lipinski definition) is 3. The Labute approximate surface area is 166 Å². The molecule has 1 aromatic heterocycles. The van der Waals surface area contributed by atoms with E-state index in [1.165, 1.54) is 18.2 Å². The number of pyridine rings is 1. The second-order valence-electron chi connectivity index (χ2n) is 6.21. The van der Waals surface area contributed by atoms with Crippen LogP contribution in [0.2, 0.25) is 0 Å². The van der Waals surface area contributed by atoms with E-state index in [9.17, 15) is 18.5 Å². The lowest BCUT2D eigenvalue weighted by Gasteiger charge is -2.17.